The first-order valence-corrected chi connectivity index (χ1v) is 10.8. The molecule has 1 aromatic heterocycles. The summed E-state index contributed by atoms with van der Waals surface area (Å²) in [6.45, 7) is 8.26. The van der Waals surface area contributed by atoms with Crippen LogP contribution in [0.5, 0.6) is 5.75 Å². The molecule has 34 heavy (non-hydrogen) atoms. The van der Waals surface area contributed by atoms with E-state index in [-0.39, 0.29) is 47.9 Å². The number of aliphatic hydroxyl groups excluding tert-OH is 1. The summed E-state index contributed by atoms with van der Waals surface area (Å²) in [5.74, 6) is -0.306. The minimum Gasteiger partial charge on any atom is -0.496 e. The van der Waals surface area contributed by atoms with E-state index in [1.165, 1.54) is 31.7 Å². The molecule has 0 fully saturated rings. The van der Waals surface area contributed by atoms with Crippen LogP contribution in [0.1, 0.15) is 51.8 Å². The van der Waals surface area contributed by atoms with Gasteiger partial charge in [-0.3, -0.25) is 13.9 Å². The Labute approximate surface area is 196 Å². The molecule has 0 aliphatic rings. The number of benzene rings is 1. The third kappa shape index (κ3) is 7.01. The summed E-state index contributed by atoms with van der Waals surface area (Å²) in [5.41, 5.74) is -0.805. The van der Waals surface area contributed by atoms with Gasteiger partial charge in [0.05, 0.1) is 37.7 Å². The molecule has 10 nitrogen and oxygen atoms in total. The van der Waals surface area contributed by atoms with Crippen LogP contribution in [0.25, 0.3) is 0 Å². The highest BCUT2D eigenvalue weighted by molar-refractivity contribution is 5.97. The van der Waals surface area contributed by atoms with Gasteiger partial charge in [-0.2, -0.15) is 0 Å². The molecule has 0 spiro atoms. The maximum absolute atomic E-state index is 13.8. The summed E-state index contributed by atoms with van der Waals surface area (Å²) in [6.07, 6.45) is 0.894. The number of rotatable bonds is 11. The van der Waals surface area contributed by atoms with Crippen LogP contribution in [0.4, 0.5) is 4.39 Å². The van der Waals surface area contributed by atoms with Gasteiger partial charge in [-0.15, -0.1) is 0 Å². The van der Waals surface area contributed by atoms with Crippen LogP contribution in [0.3, 0.4) is 0 Å². The molecule has 1 aromatic carbocycles. The van der Waals surface area contributed by atoms with Crippen molar-refractivity contribution in [3.8, 4) is 5.75 Å². The second kappa shape index (κ2) is 12.1. The molecule has 0 amide bonds. The molecule has 1 unspecified atom stereocenters. The molecular weight excluding hydrogens is 447 g/mol. The molecule has 2 aromatic rings. The van der Waals surface area contributed by atoms with Crippen molar-refractivity contribution in [1.82, 2.24) is 9.13 Å². The Kier molecular flexibility index (Phi) is 9.55. The van der Waals surface area contributed by atoms with Crippen molar-refractivity contribution in [3.63, 3.8) is 0 Å². The van der Waals surface area contributed by atoms with Gasteiger partial charge in [0.25, 0.3) is 5.56 Å². The highest BCUT2D eigenvalue weighted by Crippen LogP contribution is 2.26. The Morgan fingerprint density at radius 2 is 1.85 bits per heavy atom. The highest BCUT2D eigenvalue weighted by Gasteiger charge is 2.19. The average Bonchev–Trinajstić information content (AvgIpc) is 2.78. The van der Waals surface area contributed by atoms with Gasteiger partial charge in [-0.05, 0) is 52.8 Å². The van der Waals surface area contributed by atoms with E-state index in [1.54, 1.807) is 34.6 Å². The molecule has 0 saturated heterocycles. The van der Waals surface area contributed by atoms with E-state index in [0.717, 1.165) is 15.2 Å². The number of aliphatic hydroxyl groups is 1. The van der Waals surface area contributed by atoms with Crippen molar-refractivity contribution in [1.29, 1.82) is 0 Å². The topological polar surface area (TPSA) is 117 Å². The van der Waals surface area contributed by atoms with Crippen molar-refractivity contribution in [2.75, 3.05) is 7.11 Å². The molecule has 186 valence electrons. The predicted octanol–water partition coefficient (Wildman–Crippen LogP) is 2.45. The zero-order valence-electron chi connectivity index (χ0n) is 20.2. The lowest BCUT2D eigenvalue weighted by atomic mass is 10.1. The van der Waals surface area contributed by atoms with Gasteiger partial charge in [-0.25, -0.2) is 9.18 Å². The molecular formula is C23H31FN4O6. The van der Waals surface area contributed by atoms with Crippen LogP contribution in [-0.2, 0) is 22.8 Å². The lowest BCUT2D eigenvalue weighted by Gasteiger charge is -2.18. The number of halogens is 1. The summed E-state index contributed by atoms with van der Waals surface area (Å²) in [6, 6.07) is 3.71. The maximum atomic E-state index is 13.8. The van der Waals surface area contributed by atoms with Gasteiger partial charge in [0.2, 0.25) is 0 Å². The van der Waals surface area contributed by atoms with E-state index in [1.807, 2.05) is 0 Å². The molecule has 1 N–H and O–H groups in total. The van der Waals surface area contributed by atoms with Gasteiger partial charge >= 0.3 is 5.69 Å². The van der Waals surface area contributed by atoms with Crippen molar-refractivity contribution in [2.45, 2.75) is 66.0 Å². The molecule has 0 saturated carbocycles. The monoisotopic (exact) mass is 478 g/mol. The largest absolute Gasteiger partial charge is 0.496 e. The van der Waals surface area contributed by atoms with E-state index < -0.39 is 23.2 Å². The van der Waals surface area contributed by atoms with E-state index >= 15 is 0 Å². The third-order valence-electron chi connectivity index (χ3n) is 4.56. The summed E-state index contributed by atoms with van der Waals surface area (Å²) in [5, 5.41) is 18.5. The number of nitrogens with zero attached hydrogens (tertiary/aromatic N) is 4. The second-order valence-corrected chi connectivity index (χ2v) is 8.07. The summed E-state index contributed by atoms with van der Waals surface area (Å²) < 4.78 is 21.1. The molecule has 1 heterocycles. The van der Waals surface area contributed by atoms with Crippen molar-refractivity contribution >= 4 is 11.9 Å². The highest BCUT2D eigenvalue weighted by atomic mass is 19.1. The number of aromatic nitrogens is 2. The number of methoxy groups -OCH3 is 1. The third-order valence-corrected chi connectivity index (χ3v) is 4.56. The first-order valence-electron chi connectivity index (χ1n) is 10.8. The van der Waals surface area contributed by atoms with Gasteiger partial charge in [-0.1, -0.05) is 10.3 Å². The molecule has 0 aliphatic carbocycles. The SMILES string of the molecule is COc1ccc(F)cc1C(O)Cn1cc(/C(C)=N/OC(C)C)c(=O)n(C/C=N/OC(C)C)c1=O. The fraction of sp³-hybridized carbons (Fsp3) is 0.478. The fourth-order valence-electron chi connectivity index (χ4n) is 2.96. The average molecular weight is 479 g/mol. The van der Waals surface area contributed by atoms with Crippen LogP contribution in [0, 0.1) is 5.82 Å². The minimum absolute atomic E-state index is 0.0943. The van der Waals surface area contributed by atoms with E-state index in [0.29, 0.717) is 0 Å². The van der Waals surface area contributed by atoms with Gasteiger partial charge < -0.3 is 19.5 Å². The van der Waals surface area contributed by atoms with Crippen LogP contribution in [0.2, 0.25) is 0 Å². The molecule has 0 bridgehead atoms. The van der Waals surface area contributed by atoms with Crippen LogP contribution < -0.4 is 16.0 Å². The summed E-state index contributed by atoms with van der Waals surface area (Å²) in [4.78, 5) is 36.4. The summed E-state index contributed by atoms with van der Waals surface area (Å²) >= 11 is 0. The Morgan fingerprint density at radius 1 is 1.18 bits per heavy atom. The lowest BCUT2D eigenvalue weighted by Crippen LogP contribution is -2.43. The molecule has 2 rings (SSSR count). The van der Waals surface area contributed by atoms with Crippen LogP contribution in [0.15, 0.2) is 44.3 Å². The standard InChI is InChI=1S/C23H31FN4O6/c1-14(2)33-25-9-10-28-22(30)19(16(5)26-34-15(3)4)12-27(23(28)31)13-20(29)18-11-17(24)7-8-21(18)32-6/h7-9,11-12,14-15,20,29H,10,13H2,1-6H3/b25-9+,26-16+. The minimum atomic E-state index is -1.30. The molecule has 0 aliphatic heterocycles. The normalized spacial score (nSPS) is 13.1. The van der Waals surface area contributed by atoms with E-state index in [4.69, 9.17) is 14.4 Å². The fourth-order valence-corrected chi connectivity index (χ4v) is 2.96. The first kappa shape index (κ1) is 26.8. The zero-order valence-corrected chi connectivity index (χ0v) is 20.2. The van der Waals surface area contributed by atoms with Gasteiger partial charge in [0, 0.05) is 11.8 Å². The molecule has 1 atom stereocenters. The van der Waals surface area contributed by atoms with Crippen molar-refractivity contribution in [2.24, 2.45) is 10.3 Å². The smallest absolute Gasteiger partial charge is 0.331 e. The van der Waals surface area contributed by atoms with Crippen molar-refractivity contribution in [3.05, 3.63) is 62.2 Å². The number of ether oxygens (including phenoxy) is 1. The second-order valence-electron chi connectivity index (χ2n) is 8.07. The summed E-state index contributed by atoms with van der Waals surface area (Å²) in [7, 11) is 1.39. The van der Waals surface area contributed by atoms with Gasteiger partial charge in [0.15, 0.2) is 0 Å². The quantitative estimate of drug-likeness (QED) is 0.392. The Balaban J connectivity index is 2.54. The Bertz CT molecular complexity index is 1150. The molecule has 11 heteroatoms. The number of oxime groups is 2. The van der Waals surface area contributed by atoms with E-state index in [2.05, 4.69) is 10.3 Å². The lowest BCUT2D eigenvalue weighted by molar-refractivity contribution is 0.0858. The maximum Gasteiger partial charge on any atom is 0.331 e. The van der Waals surface area contributed by atoms with E-state index in [9.17, 15) is 19.1 Å². The number of hydrogen-bond acceptors (Lipinski definition) is 8. The van der Waals surface area contributed by atoms with Crippen LogP contribution in [-0.4, -0.2) is 45.5 Å². The molecule has 0 radical (unpaired) electrons. The first-order chi connectivity index (χ1) is 16.0. The van der Waals surface area contributed by atoms with Crippen LogP contribution >= 0.6 is 0 Å². The zero-order chi connectivity index (χ0) is 25.4. The Morgan fingerprint density at radius 3 is 2.47 bits per heavy atom. The van der Waals surface area contributed by atoms with Crippen molar-refractivity contribution < 1.29 is 23.9 Å². The predicted molar refractivity (Wildman–Crippen MR) is 126 cm³/mol. The number of hydrogen-bond donors (Lipinski definition) is 1. The van der Waals surface area contributed by atoms with Gasteiger partial charge in [0.1, 0.15) is 29.9 Å². The Hall–Kier alpha value is -3.47.